The van der Waals surface area contributed by atoms with Gasteiger partial charge in [-0.25, -0.2) is 4.98 Å². The summed E-state index contributed by atoms with van der Waals surface area (Å²) >= 11 is 3.38. The van der Waals surface area contributed by atoms with Gasteiger partial charge in [0, 0.05) is 10.0 Å². The number of nitrogens with zero attached hydrogens (tertiary/aromatic N) is 2. The molecule has 0 aliphatic heterocycles. The highest BCUT2D eigenvalue weighted by atomic mass is 79.9. The maximum Gasteiger partial charge on any atom is 0.251 e. The molecule has 0 saturated heterocycles. The van der Waals surface area contributed by atoms with E-state index < -0.39 is 0 Å². The minimum Gasteiger partial charge on any atom is -0.342 e. The first kappa shape index (κ1) is 12.8. The lowest BCUT2D eigenvalue weighted by atomic mass is 10.1. The van der Waals surface area contributed by atoms with E-state index in [1.807, 2.05) is 26.0 Å². The number of aromatic amines is 1. The van der Waals surface area contributed by atoms with Crippen molar-refractivity contribution in [2.75, 3.05) is 0 Å². The number of hydrogen-bond donors (Lipinski definition) is 2. The maximum absolute atomic E-state index is 12.1. The Morgan fingerprint density at radius 1 is 1.44 bits per heavy atom. The highest BCUT2D eigenvalue weighted by Crippen LogP contribution is 2.16. The lowest BCUT2D eigenvalue weighted by Gasteiger charge is -2.11. The van der Waals surface area contributed by atoms with Crippen molar-refractivity contribution in [2.45, 2.75) is 19.9 Å². The molecule has 1 aromatic heterocycles. The first-order valence-corrected chi connectivity index (χ1v) is 6.29. The Labute approximate surface area is 113 Å². The van der Waals surface area contributed by atoms with E-state index in [4.69, 9.17) is 0 Å². The number of carbonyl (C=O) groups is 1. The van der Waals surface area contributed by atoms with Crippen LogP contribution in [0.15, 0.2) is 29.0 Å². The van der Waals surface area contributed by atoms with E-state index in [0.29, 0.717) is 11.4 Å². The molecule has 0 aliphatic carbocycles. The largest absolute Gasteiger partial charge is 0.342 e. The number of hydrogen-bond acceptors (Lipinski definition) is 3. The van der Waals surface area contributed by atoms with Gasteiger partial charge in [-0.3, -0.25) is 9.89 Å². The zero-order valence-corrected chi connectivity index (χ0v) is 11.7. The van der Waals surface area contributed by atoms with Crippen LogP contribution >= 0.6 is 15.9 Å². The molecule has 2 rings (SSSR count). The first-order valence-electron chi connectivity index (χ1n) is 5.49. The molecule has 6 heteroatoms. The van der Waals surface area contributed by atoms with Gasteiger partial charge in [-0.15, -0.1) is 0 Å². The number of aryl methyl sites for hydroxylation is 1. The SMILES string of the molecule is Cc1cc(Br)cc(C(=O)N[C@H](C)c2ncn[nH]2)c1. The molecule has 5 nitrogen and oxygen atoms in total. The van der Waals surface area contributed by atoms with Crippen LogP contribution in [-0.4, -0.2) is 21.1 Å². The lowest BCUT2D eigenvalue weighted by molar-refractivity contribution is 0.0938. The normalized spacial score (nSPS) is 12.2. The van der Waals surface area contributed by atoms with Crippen molar-refractivity contribution in [1.82, 2.24) is 20.5 Å². The van der Waals surface area contributed by atoms with Gasteiger partial charge in [-0.2, -0.15) is 5.10 Å². The summed E-state index contributed by atoms with van der Waals surface area (Å²) in [6, 6.07) is 5.37. The smallest absolute Gasteiger partial charge is 0.251 e. The molecule has 0 saturated carbocycles. The zero-order valence-electron chi connectivity index (χ0n) is 10.1. The molecule has 0 bridgehead atoms. The molecule has 18 heavy (non-hydrogen) atoms. The van der Waals surface area contributed by atoms with Gasteiger partial charge in [0.25, 0.3) is 5.91 Å². The van der Waals surface area contributed by atoms with Gasteiger partial charge < -0.3 is 5.32 Å². The Bertz CT molecular complexity index is 533. The second kappa shape index (κ2) is 5.30. The van der Waals surface area contributed by atoms with Crippen LogP contribution in [0.3, 0.4) is 0 Å². The Morgan fingerprint density at radius 3 is 2.83 bits per heavy atom. The third-order valence-corrected chi connectivity index (χ3v) is 2.95. The highest BCUT2D eigenvalue weighted by Gasteiger charge is 2.13. The van der Waals surface area contributed by atoms with Crippen LogP contribution in [0.25, 0.3) is 0 Å². The molecule has 1 amide bonds. The van der Waals surface area contributed by atoms with Gasteiger partial charge in [-0.05, 0) is 37.6 Å². The summed E-state index contributed by atoms with van der Waals surface area (Å²) in [4.78, 5) is 16.1. The number of benzene rings is 1. The van der Waals surface area contributed by atoms with E-state index in [0.717, 1.165) is 10.0 Å². The molecule has 1 aromatic carbocycles. The Hall–Kier alpha value is -1.69. The number of carbonyl (C=O) groups excluding carboxylic acids is 1. The van der Waals surface area contributed by atoms with Gasteiger partial charge in [0.2, 0.25) is 0 Å². The van der Waals surface area contributed by atoms with Crippen LogP contribution < -0.4 is 5.32 Å². The molecule has 1 atom stereocenters. The highest BCUT2D eigenvalue weighted by molar-refractivity contribution is 9.10. The zero-order chi connectivity index (χ0) is 13.1. The van der Waals surface area contributed by atoms with Crippen LogP contribution in [0, 0.1) is 6.92 Å². The molecule has 0 spiro atoms. The average Bonchev–Trinajstić information content (AvgIpc) is 2.80. The van der Waals surface area contributed by atoms with Crippen LogP contribution in [-0.2, 0) is 0 Å². The standard InChI is InChI=1S/C12H13BrN4O/c1-7-3-9(5-10(13)4-7)12(18)16-8(2)11-14-6-15-17-11/h3-6,8H,1-2H3,(H,16,18)(H,14,15,17)/t8-/m1/s1. The third kappa shape index (κ3) is 2.95. The van der Waals surface area contributed by atoms with E-state index in [2.05, 4.69) is 36.4 Å². The van der Waals surface area contributed by atoms with Crippen molar-refractivity contribution >= 4 is 21.8 Å². The Morgan fingerprint density at radius 2 is 2.22 bits per heavy atom. The van der Waals surface area contributed by atoms with Crippen molar-refractivity contribution in [3.8, 4) is 0 Å². The lowest BCUT2D eigenvalue weighted by Crippen LogP contribution is -2.27. The number of nitrogens with one attached hydrogen (secondary N) is 2. The minimum atomic E-state index is -0.209. The molecule has 0 unspecified atom stereocenters. The number of aromatic nitrogens is 3. The summed E-state index contributed by atoms with van der Waals surface area (Å²) in [5.74, 6) is 0.498. The van der Waals surface area contributed by atoms with E-state index in [1.54, 1.807) is 6.07 Å². The summed E-state index contributed by atoms with van der Waals surface area (Å²) in [5.41, 5.74) is 1.65. The van der Waals surface area contributed by atoms with Crippen LogP contribution in [0.2, 0.25) is 0 Å². The van der Waals surface area contributed by atoms with Crippen molar-refractivity contribution < 1.29 is 4.79 Å². The summed E-state index contributed by atoms with van der Waals surface area (Å²) in [6.45, 7) is 3.80. The summed E-state index contributed by atoms with van der Waals surface area (Å²) in [5, 5.41) is 9.35. The number of H-pyrrole nitrogens is 1. The molecular formula is C12H13BrN4O. The van der Waals surface area contributed by atoms with E-state index in [9.17, 15) is 4.79 Å². The van der Waals surface area contributed by atoms with Crippen molar-refractivity contribution in [1.29, 1.82) is 0 Å². The first-order chi connectivity index (χ1) is 8.56. The van der Waals surface area contributed by atoms with E-state index in [1.165, 1.54) is 6.33 Å². The van der Waals surface area contributed by atoms with Crippen molar-refractivity contribution in [3.05, 3.63) is 46.0 Å². The summed E-state index contributed by atoms with van der Waals surface area (Å²) in [6.07, 6.45) is 1.42. The third-order valence-electron chi connectivity index (χ3n) is 2.50. The van der Waals surface area contributed by atoms with Gasteiger partial charge in [-0.1, -0.05) is 15.9 Å². The predicted octanol–water partition coefficient (Wildman–Crippen LogP) is 2.37. The van der Waals surface area contributed by atoms with Gasteiger partial charge in [0.15, 0.2) is 0 Å². The predicted molar refractivity (Wildman–Crippen MR) is 71.1 cm³/mol. The number of amides is 1. The van der Waals surface area contributed by atoms with Crippen LogP contribution in [0.4, 0.5) is 0 Å². The average molecular weight is 309 g/mol. The maximum atomic E-state index is 12.1. The second-order valence-corrected chi connectivity index (χ2v) is 5.00. The van der Waals surface area contributed by atoms with Crippen molar-refractivity contribution in [3.63, 3.8) is 0 Å². The molecule has 2 N–H and O–H groups in total. The van der Waals surface area contributed by atoms with Crippen LogP contribution in [0.1, 0.15) is 34.7 Å². The number of rotatable bonds is 3. The monoisotopic (exact) mass is 308 g/mol. The molecule has 1 heterocycles. The van der Waals surface area contributed by atoms with Crippen LogP contribution in [0.5, 0.6) is 0 Å². The van der Waals surface area contributed by atoms with Gasteiger partial charge in [0.05, 0.1) is 6.04 Å². The topological polar surface area (TPSA) is 70.7 Å². The second-order valence-electron chi connectivity index (χ2n) is 4.08. The molecule has 0 aliphatic rings. The molecule has 0 radical (unpaired) electrons. The molecule has 2 aromatic rings. The fourth-order valence-electron chi connectivity index (χ4n) is 1.64. The van der Waals surface area contributed by atoms with Gasteiger partial charge >= 0.3 is 0 Å². The summed E-state index contributed by atoms with van der Waals surface area (Å²) in [7, 11) is 0. The number of halogens is 1. The quantitative estimate of drug-likeness (QED) is 0.914. The Kier molecular flexibility index (Phi) is 3.76. The van der Waals surface area contributed by atoms with Gasteiger partial charge in [0.1, 0.15) is 12.2 Å². The van der Waals surface area contributed by atoms with E-state index >= 15 is 0 Å². The fraction of sp³-hybridized carbons (Fsp3) is 0.250. The fourth-order valence-corrected chi connectivity index (χ4v) is 2.25. The molecule has 0 fully saturated rings. The summed E-state index contributed by atoms with van der Waals surface area (Å²) < 4.78 is 0.889. The van der Waals surface area contributed by atoms with E-state index in [-0.39, 0.29) is 11.9 Å². The van der Waals surface area contributed by atoms with Crippen molar-refractivity contribution in [2.24, 2.45) is 0 Å². The Balaban J connectivity index is 2.12. The molecule has 94 valence electrons. The molecular weight excluding hydrogens is 296 g/mol. The minimum absolute atomic E-state index is 0.136.